The van der Waals surface area contributed by atoms with Gasteiger partial charge in [-0.05, 0) is 67.2 Å². The molecule has 0 saturated carbocycles. The molecule has 11 nitrogen and oxygen atoms in total. The van der Waals surface area contributed by atoms with Gasteiger partial charge in [0.2, 0.25) is 11.8 Å². The van der Waals surface area contributed by atoms with E-state index in [1.54, 1.807) is 41.5 Å². The van der Waals surface area contributed by atoms with Crippen LogP contribution in [0.3, 0.4) is 0 Å². The summed E-state index contributed by atoms with van der Waals surface area (Å²) in [4.78, 5) is 61.9. The fourth-order valence-corrected chi connectivity index (χ4v) is 5.17. The Labute approximate surface area is 290 Å². The third-order valence-corrected chi connectivity index (χ3v) is 7.66. The molecule has 0 aliphatic heterocycles. The Morgan fingerprint density at radius 1 is 0.583 bits per heavy atom. The predicted octanol–water partition coefficient (Wildman–Crippen LogP) is 7.73. The zero-order chi connectivity index (χ0) is 36.4. The molecular weight excluding hydrogens is 614 g/mol. The van der Waals surface area contributed by atoms with Crippen molar-refractivity contribution < 1.29 is 38.6 Å². The second-order valence-corrected chi connectivity index (χ2v) is 14.9. The molecule has 2 atom stereocenters. The predicted molar refractivity (Wildman–Crippen MR) is 190 cm³/mol. The van der Waals surface area contributed by atoms with Crippen LogP contribution in [0.4, 0.5) is 4.79 Å². The van der Waals surface area contributed by atoms with Gasteiger partial charge in [0.15, 0.2) is 0 Å². The van der Waals surface area contributed by atoms with E-state index in [1.165, 1.54) is 64.2 Å². The summed E-state index contributed by atoms with van der Waals surface area (Å²) >= 11 is 0. The summed E-state index contributed by atoms with van der Waals surface area (Å²) in [7, 11) is 0. The summed E-state index contributed by atoms with van der Waals surface area (Å²) in [6.07, 6.45) is 17.4. The average molecular weight is 684 g/mol. The van der Waals surface area contributed by atoms with Crippen molar-refractivity contribution in [1.29, 1.82) is 0 Å². The summed E-state index contributed by atoms with van der Waals surface area (Å²) in [5.41, 5.74) is -1.36. The van der Waals surface area contributed by atoms with Gasteiger partial charge in [-0.15, -0.1) is 0 Å². The molecule has 11 heteroatoms. The van der Waals surface area contributed by atoms with Gasteiger partial charge in [0.05, 0.1) is 6.42 Å². The highest BCUT2D eigenvalue weighted by molar-refractivity contribution is 5.91. The lowest BCUT2D eigenvalue weighted by Gasteiger charge is -2.26. The molecule has 0 rings (SSSR count). The second kappa shape index (κ2) is 26.1. The van der Waals surface area contributed by atoms with Crippen LogP contribution in [0.15, 0.2) is 0 Å². The summed E-state index contributed by atoms with van der Waals surface area (Å²) < 4.78 is 10.8. The molecule has 0 radical (unpaired) electrons. The van der Waals surface area contributed by atoms with Crippen LogP contribution < -0.4 is 16.0 Å². The number of carboxylic acid groups (broad SMARTS) is 1. The van der Waals surface area contributed by atoms with Crippen molar-refractivity contribution in [2.45, 2.75) is 200 Å². The van der Waals surface area contributed by atoms with Crippen molar-refractivity contribution in [3.05, 3.63) is 0 Å². The molecule has 2 unspecified atom stereocenters. The second-order valence-electron chi connectivity index (χ2n) is 14.9. The van der Waals surface area contributed by atoms with Crippen LogP contribution in [-0.2, 0) is 28.7 Å². The molecule has 0 aromatic carbocycles. The lowest BCUT2D eigenvalue weighted by atomic mass is 10.0. The first-order valence-corrected chi connectivity index (χ1v) is 18.5. The van der Waals surface area contributed by atoms with Crippen molar-refractivity contribution >= 4 is 29.8 Å². The zero-order valence-electron chi connectivity index (χ0n) is 31.3. The van der Waals surface area contributed by atoms with E-state index in [-0.39, 0.29) is 19.3 Å². The highest BCUT2D eigenvalue weighted by atomic mass is 16.6. The van der Waals surface area contributed by atoms with Gasteiger partial charge < -0.3 is 30.5 Å². The van der Waals surface area contributed by atoms with Crippen LogP contribution in [0.25, 0.3) is 0 Å². The smallest absolute Gasteiger partial charge is 0.407 e. The Balaban J connectivity index is 4.98. The quantitative estimate of drug-likeness (QED) is 0.0506. The van der Waals surface area contributed by atoms with Crippen LogP contribution in [0, 0.1) is 0 Å². The van der Waals surface area contributed by atoms with Gasteiger partial charge >= 0.3 is 18.0 Å². The summed E-state index contributed by atoms with van der Waals surface area (Å²) in [6, 6.07) is -1.85. The number of aliphatic carboxylic acids is 1. The Kier molecular flexibility index (Phi) is 24.5. The third kappa shape index (κ3) is 28.2. The van der Waals surface area contributed by atoms with Gasteiger partial charge in [-0.3, -0.25) is 14.4 Å². The van der Waals surface area contributed by atoms with E-state index >= 15 is 0 Å². The maximum absolute atomic E-state index is 13.4. The topological polar surface area (TPSA) is 160 Å². The zero-order valence-corrected chi connectivity index (χ0v) is 31.3. The Morgan fingerprint density at radius 3 is 1.52 bits per heavy atom. The number of carbonyl (C=O) groups excluding carboxylic acids is 4. The average Bonchev–Trinajstić information content (AvgIpc) is 2.96. The van der Waals surface area contributed by atoms with Crippen molar-refractivity contribution in [1.82, 2.24) is 16.0 Å². The van der Waals surface area contributed by atoms with Crippen LogP contribution >= 0.6 is 0 Å². The number of alkyl carbamates (subject to hydrolysis) is 1. The van der Waals surface area contributed by atoms with E-state index in [4.69, 9.17) is 14.6 Å². The number of unbranched alkanes of at least 4 members (excludes halogenated alkanes) is 14. The first kappa shape index (κ1) is 45.2. The van der Waals surface area contributed by atoms with Crippen LogP contribution in [0.1, 0.15) is 177 Å². The molecule has 48 heavy (non-hydrogen) atoms. The molecular formula is C37H69N3O8. The largest absolute Gasteiger partial charge is 0.481 e. The number of nitrogens with one attached hydrogen (secondary N) is 3. The Morgan fingerprint density at radius 2 is 1.04 bits per heavy atom. The van der Waals surface area contributed by atoms with Gasteiger partial charge in [0, 0.05) is 13.0 Å². The third-order valence-electron chi connectivity index (χ3n) is 7.66. The van der Waals surface area contributed by atoms with Gasteiger partial charge in [0.25, 0.3) is 0 Å². The number of carbonyl (C=O) groups is 5. The molecule has 0 saturated heterocycles. The molecule has 0 aliphatic rings. The summed E-state index contributed by atoms with van der Waals surface area (Å²) in [6.45, 7) is 13.2. The highest BCUT2D eigenvalue weighted by Crippen LogP contribution is 2.16. The maximum atomic E-state index is 13.4. The normalized spacial score (nSPS) is 12.9. The standard InChI is InChI=1S/C37H69N3O8/c1-8-9-10-11-12-13-14-15-16-17-18-19-20-21-25-30(34(45)47-36(2,3)4)40-33(44)29(39-31(41)26-27-32(42)43)24-22-23-28-38-35(46)48-37(5,6)7/h29-30H,8-28H2,1-7H3,(H,38,46)(H,39,41)(H,40,44)(H,42,43). The lowest BCUT2D eigenvalue weighted by molar-refractivity contribution is -0.159. The number of hydrogen-bond donors (Lipinski definition) is 4. The van der Waals surface area contributed by atoms with Crippen molar-refractivity contribution in [2.24, 2.45) is 0 Å². The van der Waals surface area contributed by atoms with Crippen LogP contribution in [0.5, 0.6) is 0 Å². The summed E-state index contributed by atoms with van der Waals surface area (Å²) in [5, 5.41) is 17.1. The number of amides is 3. The Bertz CT molecular complexity index is 927. The number of ether oxygens (including phenoxy) is 2. The van der Waals surface area contributed by atoms with Crippen molar-refractivity contribution in [3.8, 4) is 0 Å². The van der Waals surface area contributed by atoms with Gasteiger partial charge in [-0.25, -0.2) is 9.59 Å². The summed E-state index contributed by atoms with van der Waals surface area (Å²) in [5.74, 6) is -2.73. The molecule has 0 aromatic rings. The fourth-order valence-electron chi connectivity index (χ4n) is 5.17. The van der Waals surface area contributed by atoms with Crippen molar-refractivity contribution in [3.63, 3.8) is 0 Å². The minimum absolute atomic E-state index is 0.237. The Hall–Kier alpha value is -2.85. The van der Waals surface area contributed by atoms with E-state index in [0.717, 1.165) is 25.7 Å². The molecule has 0 heterocycles. The number of carboxylic acids is 1. The van der Waals surface area contributed by atoms with Gasteiger partial charge in [-0.2, -0.15) is 0 Å². The van der Waals surface area contributed by atoms with E-state index in [9.17, 15) is 24.0 Å². The van der Waals surface area contributed by atoms with Gasteiger partial charge in [0.1, 0.15) is 23.3 Å². The molecule has 0 fully saturated rings. The molecule has 0 aliphatic carbocycles. The minimum atomic E-state index is -1.11. The fraction of sp³-hybridized carbons (Fsp3) is 0.865. The maximum Gasteiger partial charge on any atom is 0.407 e. The monoisotopic (exact) mass is 684 g/mol. The van der Waals surface area contributed by atoms with E-state index in [2.05, 4.69) is 22.9 Å². The first-order chi connectivity index (χ1) is 22.5. The number of esters is 1. The van der Waals surface area contributed by atoms with Crippen LogP contribution in [0.2, 0.25) is 0 Å². The van der Waals surface area contributed by atoms with E-state index in [0.29, 0.717) is 25.8 Å². The van der Waals surface area contributed by atoms with E-state index in [1.807, 2.05) is 0 Å². The molecule has 0 spiro atoms. The molecule has 280 valence electrons. The van der Waals surface area contributed by atoms with Crippen LogP contribution in [-0.4, -0.2) is 64.8 Å². The number of rotatable bonds is 27. The molecule has 4 N–H and O–H groups in total. The van der Waals surface area contributed by atoms with Gasteiger partial charge in [-0.1, -0.05) is 96.8 Å². The van der Waals surface area contributed by atoms with E-state index < -0.39 is 53.1 Å². The minimum Gasteiger partial charge on any atom is -0.481 e. The van der Waals surface area contributed by atoms with Crippen molar-refractivity contribution in [2.75, 3.05) is 6.54 Å². The lowest BCUT2D eigenvalue weighted by Crippen LogP contribution is -2.52. The first-order valence-electron chi connectivity index (χ1n) is 18.5. The molecule has 3 amide bonds. The SMILES string of the molecule is CCCCCCCCCCCCCCCCC(NC(=O)C(CCCCNC(=O)OC(C)(C)C)NC(=O)CCC(=O)O)C(=O)OC(C)(C)C. The number of hydrogen-bond acceptors (Lipinski definition) is 7. The molecule has 0 aromatic heterocycles. The molecule has 0 bridgehead atoms. The highest BCUT2D eigenvalue weighted by Gasteiger charge is 2.29.